The summed E-state index contributed by atoms with van der Waals surface area (Å²) in [6, 6.07) is 6.33. The molecule has 1 fully saturated rings. The Hall–Kier alpha value is -6.03. The highest BCUT2D eigenvalue weighted by Crippen LogP contribution is 2.46. The van der Waals surface area contributed by atoms with Gasteiger partial charge < -0.3 is 65.4 Å². The molecule has 0 radical (unpaired) electrons. The second-order valence-corrected chi connectivity index (χ2v) is 15.4. The molecule has 0 bridgehead atoms. The van der Waals surface area contributed by atoms with Crippen LogP contribution in [0, 0.1) is 12.7 Å². The van der Waals surface area contributed by atoms with Crippen molar-refractivity contribution in [3.63, 3.8) is 0 Å². The summed E-state index contributed by atoms with van der Waals surface area (Å²) >= 11 is 0. The van der Waals surface area contributed by atoms with Crippen LogP contribution in [0.3, 0.4) is 0 Å². The predicted molar refractivity (Wildman–Crippen MR) is 207 cm³/mol. The van der Waals surface area contributed by atoms with Crippen molar-refractivity contribution in [1.29, 1.82) is 0 Å². The van der Waals surface area contributed by atoms with Crippen molar-refractivity contribution in [2.45, 2.75) is 102 Å². The Morgan fingerprint density at radius 1 is 1.08 bits per heavy atom. The normalized spacial score (nSPS) is 24.9. The van der Waals surface area contributed by atoms with Crippen LogP contribution in [0.15, 0.2) is 35.1 Å². The van der Waals surface area contributed by atoms with Crippen LogP contribution in [0.4, 0.5) is 14.9 Å². The number of nitrogens with two attached hydrogens (primary N) is 1. The number of pyridine rings is 2. The number of esters is 1. The highest BCUT2D eigenvalue weighted by Gasteiger charge is 2.49. The van der Waals surface area contributed by atoms with E-state index in [0.717, 1.165) is 0 Å². The summed E-state index contributed by atoms with van der Waals surface area (Å²) in [6.07, 6.45) is -9.82. The molecule has 8 rings (SSSR count). The van der Waals surface area contributed by atoms with Crippen molar-refractivity contribution in [2.75, 3.05) is 11.9 Å². The number of cyclic esters (lactones) is 1. The molecule has 4 aliphatic rings. The van der Waals surface area contributed by atoms with E-state index in [1.165, 1.54) is 28.8 Å². The molecule has 0 spiro atoms. The number of aryl methyl sites for hydroxylation is 1. The number of hydrogen-bond donors (Lipinski definition) is 8. The van der Waals surface area contributed by atoms with Gasteiger partial charge in [0.15, 0.2) is 11.7 Å². The van der Waals surface area contributed by atoms with Crippen molar-refractivity contribution < 1.29 is 68.0 Å². The largest absolute Gasteiger partial charge is 0.479 e. The molecule has 20 heteroatoms. The van der Waals surface area contributed by atoms with E-state index >= 15 is 4.39 Å². The molecule has 2 aromatic heterocycles. The molecule has 3 aliphatic heterocycles. The minimum Gasteiger partial charge on any atom is -0.479 e. The lowest BCUT2D eigenvalue weighted by atomic mass is 9.81. The van der Waals surface area contributed by atoms with E-state index in [1.807, 2.05) is 0 Å². The lowest BCUT2D eigenvalue weighted by Crippen LogP contribution is -2.61. The first-order valence-corrected chi connectivity index (χ1v) is 19.5. The van der Waals surface area contributed by atoms with Crippen molar-refractivity contribution in [3.8, 4) is 17.1 Å². The number of alkyl carbamates (subject to hydrolysis) is 1. The molecule has 4 aromatic rings. The van der Waals surface area contributed by atoms with Crippen LogP contribution in [-0.4, -0.2) is 96.3 Å². The van der Waals surface area contributed by atoms with E-state index in [2.05, 4.69) is 10.6 Å². The SMILES string of the molecule is CC[C@@]1(O)C(=O)OCc2c1cc1n(c2=O)Cc2c-1nc1cc(F)c(C)c3c1c2[C@@H](NC(=O)OCc1ccc(O[C@@H]2OC(C(=O)O)[C@@H](O)[C@H](O)C2O)c(NC(=O)CCN)c1)CC3. The van der Waals surface area contributed by atoms with Gasteiger partial charge in [0.05, 0.1) is 40.7 Å². The number of amides is 2. The minimum absolute atomic E-state index is 0.00392. The lowest BCUT2D eigenvalue weighted by Gasteiger charge is -2.38. The molecule has 2 aromatic carbocycles. The fourth-order valence-electron chi connectivity index (χ4n) is 8.52. The number of rotatable bonds is 10. The molecule has 0 saturated carbocycles. The Morgan fingerprint density at radius 3 is 2.57 bits per heavy atom. The maximum Gasteiger partial charge on any atom is 0.407 e. The molecule has 1 saturated heterocycles. The third-order valence-corrected chi connectivity index (χ3v) is 11.8. The third-order valence-electron chi connectivity index (χ3n) is 11.8. The number of aliphatic hydroxyl groups excluding tert-OH is 3. The minimum atomic E-state index is -2.06. The maximum atomic E-state index is 15.4. The summed E-state index contributed by atoms with van der Waals surface area (Å²) in [6.45, 7) is 2.61. The van der Waals surface area contributed by atoms with Crippen LogP contribution in [-0.2, 0) is 60.4 Å². The van der Waals surface area contributed by atoms with Gasteiger partial charge in [-0.2, -0.15) is 0 Å². The molecule has 7 atom stereocenters. The van der Waals surface area contributed by atoms with Crippen molar-refractivity contribution in [3.05, 3.63) is 85.4 Å². The molecule has 2 unspecified atom stereocenters. The number of halogens is 1. The lowest BCUT2D eigenvalue weighted by molar-refractivity contribution is -0.271. The average Bonchev–Trinajstić information content (AvgIpc) is 3.60. The Bertz CT molecular complexity index is 2580. The molecule has 5 heterocycles. The van der Waals surface area contributed by atoms with Gasteiger partial charge in [0.25, 0.3) is 5.56 Å². The number of carboxylic acids is 1. The van der Waals surface area contributed by atoms with Gasteiger partial charge in [0.1, 0.15) is 43.1 Å². The zero-order valence-electron chi connectivity index (χ0n) is 32.8. The number of carboxylic acid groups (broad SMARTS) is 1. The molecule has 1 aliphatic carbocycles. The van der Waals surface area contributed by atoms with Crippen molar-refractivity contribution in [2.24, 2.45) is 5.73 Å². The van der Waals surface area contributed by atoms with E-state index in [4.69, 9.17) is 29.7 Å². The fourth-order valence-corrected chi connectivity index (χ4v) is 8.52. The van der Waals surface area contributed by atoms with Crippen LogP contribution in [0.5, 0.6) is 5.75 Å². The van der Waals surface area contributed by atoms with Crippen LogP contribution >= 0.6 is 0 Å². The van der Waals surface area contributed by atoms with Gasteiger partial charge in [-0.25, -0.2) is 23.8 Å². The van der Waals surface area contributed by atoms with Crippen LogP contribution in [0.1, 0.15) is 71.2 Å². The number of carbonyl (C=O) groups excluding carboxylic acids is 3. The van der Waals surface area contributed by atoms with Crippen LogP contribution < -0.4 is 26.7 Å². The van der Waals surface area contributed by atoms with E-state index in [-0.39, 0.29) is 67.2 Å². The number of nitrogens with one attached hydrogen (secondary N) is 2. The number of anilines is 1. The van der Waals surface area contributed by atoms with Crippen molar-refractivity contribution >= 4 is 40.5 Å². The molecule has 2 amide bonds. The number of fused-ring (bicyclic) bond motifs is 5. The van der Waals surface area contributed by atoms with E-state index in [1.54, 1.807) is 19.9 Å². The smallest absolute Gasteiger partial charge is 0.407 e. The molecule has 61 heavy (non-hydrogen) atoms. The zero-order valence-corrected chi connectivity index (χ0v) is 32.8. The number of benzene rings is 2. The Kier molecular flexibility index (Phi) is 10.8. The van der Waals surface area contributed by atoms with Crippen LogP contribution in [0.25, 0.3) is 22.3 Å². The first-order valence-electron chi connectivity index (χ1n) is 19.5. The van der Waals surface area contributed by atoms with E-state index < -0.39 is 77.7 Å². The average molecular weight is 848 g/mol. The Balaban J connectivity index is 1.08. The number of hydrogen-bond acceptors (Lipinski definition) is 15. The Morgan fingerprint density at radius 2 is 1.85 bits per heavy atom. The van der Waals surface area contributed by atoms with E-state index in [9.17, 15) is 49.5 Å². The van der Waals surface area contributed by atoms with Gasteiger partial charge in [-0.05, 0) is 66.6 Å². The molecular formula is C41H42FN5O14. The summed E-state index contributed by atoms with van der Waals surface area (Å²) in [5.41, 5.74) is 6.85. The summed E-state index contributed by atoms with van der Waals surface area (Å²) in [5, 5.41) is 57.7. The van der Waals surface area contributed by atoms with E-state index in [0.29, 0.717) is 57.4 Å². The quantitative estimate of drug-likeness (QED) is 0.0910. The molecular weight excluding hydrogens is 805 g/mol. The summed E-state index contributed by atoms with van der Waals surface area (Å²) in [7, 11) is 0. The predicted octanol–water partition coefficient (Wildman–Crippen LogP) is 0.999. The second-order valence-electron chi connectivity index (χ2n) is 15.4. The zero-order chi connectivity index (χ0) is 43.7. The summed E-state index contributed by atoms with van der Waals surface area (Å²) in [4.78, 5) is 69.3. The van der Waals surface area contributed by atoms with Gasteiger partial charge in [-0.1, -0.05) is 13.0 Å². The molecule has 19 nitrogen and oxygen atoms in total. The van der Waals surface area contributed by atoms with Gasteiger partial charge in [0, 0.05) is 35.5 Å². The molecule has 9 N–H and O–H groups in total. The summed E-state index contributed by atoms with van der Waals surface area (Å²) in [5.74, 6) is -3.64. The maximum absolute atomic E-state index is 15.4. The standard InChI is InChI=1S/C41H42FN5O14/c1-3-41(57)21-11-26-31-19(13-47(26)36(52)20(21)15-58-39(41)55)30-23(6-5-18-16(2)22(42)12-25(45-31)29(18)30)46-40(56)59-14-17-4-7-27(24(10-17)44-28(48)8-9-43)60-38-34(51)32(49)33(50)35(61-38)37(53)54/h4,7,10-12,23,32-35,38,49-51,57H,3,5-6,8-9,13-15,43H2,1-2H3,(H,44,48)(H,46,56)(H,53,54)/t23-,32-,33-,34?,35?,38+,41-/m0/s1. The summed E-state index contributed by atoms with van der Waals surface area (Å²) < 4.78 is 38.6. The highest BCUT2D eigenvalue weighted by atomic mass is 19.1. The third kappa shape index (κ3) is 7.03. The van der Waals surface area contributed by atoms with Gasteiger partial charge >= 0.3 is 18.0 Å². The van der Waals surface area contributed by atoms with Gasteiger partial charge in [-0.15, -0.1) is 0 Å². The number of aliphatic carboxylic acids is 1. The van der Waals surface area contributed by atoms with Gasteiger partial charge in [0.2, 0.25) is 12.2 Å². The second kappa shape index (κ2) is 15.8. The first-order chi connectivity index (χ1) is 29.1. The number of ether oxygens (including phenoxy) is 4. The number of aromatic nitrogens is 2. The fraction of sp³-hybridized carbons (Fsp3) is 0.415. The van der Waals surface area contributed by atoms with Crippen LogP contribution in [0.2, 0.25) is 0 Å². The Labute approximate surface area is 344 Å². The topological polar surface area (TPSA) is 291 Å². The number of nitrogens with zero attached hydrogens (tertiary/aromatic N) is 2. The monoisotopic (exact) mass is 847 g/mol. The number of carbonyl (C=O) groups is 4. The highest BCUT2D eigenvalue weighted by molar-refractivity contribution is 5.94. The number of aliphatic hydroxyl groups is 4. The first kappa shape index (κ1) is 41.7. The molecule has 322 valence electrons. The van der Waals surface area contributed by atoms with Crippen molar-refractivity contribution in [1.82, 2.24) is 14.9 Å². The van der Waals surface area contributed by atoms with Gasteiger partial charge in [-0.3, -0.25) is 9.59 Å².